The number of hydrogen-bond donors (Lipinski definition) is 2. The highest BCUT2D eigenvalue weighted by atomic mass is 16.5. The molecule has 0 aliphatic carbocycles. The third kappa shape index (κ3) is 3.69. The molecule has 1 fully saturated rings. The van der Waals surface area contributed by atoms with Crippen molar-refractivity contribution in [3.63, 3.8) is 0 Å². The van der Waals surface area contributed by atoms with Crippen LogP contribution < -0.4 is 0 Å². The number of nitrogens with zero attached hydrogens (tertiary/aromatic N) is 1. The van der Waals surface area contributed by atoms with Gasteiger partial charge in [0.2, 0.25) is 0 Å². The number of rotatable bonds is 5. The summed E-state index contributed by atoms with van der Waals surface area (Å²) in [5, 5.41) is 10.4. The van der Waals surface area contributed by atoms with Crippen molar-refractivity contribution in [2.24, 2.45) is 0 Å². The number of carbonyl (C=O) groups is 1. The maximum Gasteiger partial charge on any atom is 0.178 e. The van der Waals surface area contributed by atoms with Gasteiger partial charge in [-0.25, -0.2) is 0 Å². The van der Waals surface area contributed by atoms with Crippen LogP contribution in [0.3, 0.4) is 0 Å². The summed E-state index contributed by atoms with van der Waals surface area (Å²) >= 11 is 0. The molecule has 0 radical (unpaired) electrons. The molecule has 20 heavy (non-hydrogen) atoms. The lowest BCUT2D eigenvalue weighted by Gasteiger charge is -2.35. The Hall–Kier alpha value is -1.17. The SMILES string of the molecule is Cc1cc(C(=O)CN(C)CC2(O)CCOCC2)c(C)[nH]1. The lowest BCUT2D eigenvalue weighted by atomic mass is 9.94. The number of nitrogens with one attached hydrogen (secondary N) is 1. The van der Waals surface area contributed by atoms with Crippen molar-refractivity contribution in [2.75, 3.05) is 33.4 Å². The largest absolute Gasteiger partial charge is 0.388 e. The summed E-state index contributed by atoms with van der Waals surface area (Å²) in [5.74, 6) is 0.0880. The second-order valence-corrected chi connectivity index (χ2v) is 5.92. The Balaban J connectivity index is 1.92. The van der Waals surface area contributed by atoms with Crippen molar-refractivity contribution < 1.29 is 14.6 Å². The highest BCUT2D eigenvalue weighted by molar-refractivity contribution is 5.98. The van der Waals surface area contributed by atoms with E-state index < -0.39 is 5.60 Å². The summed E-state index contributed by atoms with van der Waals surface area (Å²) in [6, 6.07) is 1.88. The van der Waals surface area contributed by atoms with Crippen molar-refractivity contribution in [2.45, 2.75) is 32.3 Å². The van der Waals surface area contributed by atoms with E-state index in [0.29, 0.717) is 39.1 Å². The van der Waals surface area contributed by atoms with Gasteiger partial charge >= 0.3 is 0 Å². The standard InChI is InChI=1S/C15H24N2O3/c1-11-8-13(12(2)16-11)14(18)9-17(3)10-15(19)4-6-20-7-5-15/h8,16,19H,4-7,9-10H2,1-3H3. The minimum absolute atomic E-state index is 0.0880. The molecule has 5 nitrogen and oxygen atoms in total. The van der Waals surface area contributed by atoms with Crippen LogP contribution in [0.25, 0.3) is 0 Å². The molecule has 1 aromatic rings. The Morgan fingerprint density at radius 1 is 1.45 bits per heavy atom. The van der Waals surface area contributed by atoms with Crippen molar-refractivity contribution in [3.8, 4) is 0 Å². The minimum Gasteiger partial charge on any atom is -0.388 e. The second-order valence-electron chi connectivity index (χ2n) is 5.92. The molecule has 0 aromatic carbocycles. The van der Waals surface area contributed by atoms with Crippen LogP contribution in [0.5, 0.6) is 0 Å². The first kappa shape index (κ1) is 15.2. The molecule has 0 unspecified atom stereocenters. The van der Waals surface area contributed by atoms with E-state index in [1.165, 1.54) is 0 Å². The molecule has 2 rings (SSSR count). The van der Waals surface area contributed by atoms with E-state index in [9.17, 15) is 9.90 Å². The number of carbonyl (C=O) groups excluding carboxylic acids is 1. The Morgan fingerprint density at radius 2 is 2.10 bits per heavy atom. The number of aromatic amines is 1. The van der Waals surface area contributed by atoms with E-state index in [-0.39, 0.29) is 5.78 Å². The maximum absolute atomic E-state index is 12.3. The first-order valence-corrected chi connectivity index (χ1v) is 7.08. The van der Waals surface area contributed by atoms with Gasteiger partial charge in [0, 0.05) is 49.6 Å². The monoisotopic (exact) mass is 280 g/mol. The van der Waals surface area contributed by atoms with E-state index >= 15 is 0 Å². The zero-order valence-corrected chi connectivity index (χ0v) is 12.5. The van der Waals surface area contributed by atoms with E-state index in [1.54, 1.807) is 0 Å². The van der Waals surface area contributed by atoms with Crippen molar-refractivity contribution in [1.29, 1.82) is 0 Å². The summed E-state index contributed by atoms with van der Waals surface area (Å²) in [7, 11) is 1.88. The summed E-state index contributed by atoms with van der Waals surface area (Å²) in [4.78, 5) is 17.3. The predicted octanol–water partition coefficient (Wildman–Crippen LogP) is 1.29. The molecule has 2 N–H and O–H groups in total. The molecule has 5 heteroatoms. The van der Waals surface area contributed by atoms with Gasteiger partial charge in [-0.2, -0.15) is 0 Å². The third-order valence-electron chi connectivity index (χ3n) is 3.85. The summed E-state index contributed by atoms with van der Waals surface area (Å²) in [5.41, 5.74) is 1.92. The molecule has 1 aliphatic rings. The molecule has 1 saturated heterocycles. The fraction of sp³-hybridized carbons (Fsp3) is 0.667. The van der Waals surface area contributed by atoms with Crippen molar-refractivity contribution in [1.82, 2.24) is 9.88 Å². The number of ether oxygens (including phenoxy) is 1. The van der Waals surface area contributed by atoms with Crippen molar-refractivity contribution >= 4 is 5.78 Å². The average molecular weight is 280 g/mol. The molecule has 2 heterocycles. The van der Waals surface area contributed by atoms with Crippen LogP contribution in [0.15, 0.2) is 6.07 Å². The lowest BCUT2D eigenvalue weighted by Crippen LogP contribution is -2.46. The van der Waals surface area contributed by atoms with Gasteiger partial charge < -0.3 is 14.8 Å². The lowest BCUT2D eigenvalue weighted by molar-refractivity contribution is -0.0758. The Kier molecular flexibility index (Phi) is 4.62. The zero-order chi connectivity index (χ0) is 14.8. The highest BCUT2D eigenvalue weighted by Gasteiger charge is 2.31. The summed E-state index contributed by atoms with van der Waals surface area (Å²) in [6.45, 7) is 5.86. The van der Waals surface area contributed by atoms with Crippen molar-refractivity contribution in [3.05, 3.63) is 23.0 Å². The van der Waals surface area contributed by atoms with Crippen LogP contribution in [0.4, 0.5) is 0 Å². The first-order chi connectivity index (χ1) is 9.39. The molecule has 112 valence electrons. The molecule has 1 aliphatic heterocycles. The number of ketones is 1. The van der Waals surface area contributed by atoms with Gasteiger partial charge in [-0.05, 0) is 27.0 Å². The molecular formula is C15H24N2O3. The topological polar surface area (TPSA) is 65.6 Å². The van der Waals surface area contributed by atoms with Crippen LogP contribution in [0, 0.1) is 13.8 Å². The fourth-order valence-corrected chi connectivity index (χ4v) is 2.81. The number of likely N-dealkylation sites (N-methyl/N-ethyl adjacent to an activating group) is 1. The van der Waals surface area contributed by atoms with E-state index in [0.717, 1.165) is 17.0 Å². The summed E-state index contributed by atoms with van der Waals surface area (Å²) in [6.07, 6.45) is 1.27. The smallest absolute Gasteiger partial charge is 0.178 e. The fourth-order valence-electron chi connectivity index (χ4n) is 2.81. The van der Waals surface area contributed by atoms with Gasteiger partial charge in [-0.1, -0.05) is 0 Å². The molecule has 0 saturated carbocycles. The summed E-state index contributed by atoms with van der Waals surface area (Å²) < 4.78 is 5.27. The predicted molar refractivity (Wildman–Crippen MR) is 77.1 cm³/mol. The van der Waals surface area contributed by atoms with Gasteiger partial charge in [-0.15, -0.1) is 0 Å². The highest BCUT2D eigenvalue weighted by Crippen LogP contribution is 2.21. The van der Waals surface area contributed by atoms with Gasteiger partial charge in [0.1, 0.15) is 0 Å². The van der Waals surface area contributed by atoms with Crippen LogP contribution >= 0.6 is 0 Å². The van der Waals surface area contributed by atoms with E-state index in [4.69, 9.17) is 4.74 Å². The first-order valence-electron chi connectivity index (χ1n) is 7.08. The zero-order valence-electron chi connectivity index (χ0n) is 12.5. The molecule has 1 aromatic heterocycles. The van der Waals surface area contributed by atoms with Crippen LogP contribution in [-0.2, 0) is 4.74 Å². The number of aryl methyl sites for hydroxylation is 2. The number of aromatic nitrogens is 1. The van der Waals surface area contributed by atoms with Gasteiger partial charge in [0.25, 0.3) is 0 Å². The van der Waals surface area contributed by atoms with Crippen LogP contribution in [-0.4, -0.2) is 59.7 Å². The van der Waals surface area contributed by atoms with E-state index in [2.05, 4.69) is 4.98 Å². The van der Waals surface area contributed by atoms with Gasteiger partial charge in [0.15, 0.2) is 5.78 Å². The van der Waals surface area contributed by atoms with E-state index in [1.807, 2.05) is 31.9 Å². The minimum atomic E-state index is -0.726. The Bertz CT molecular complexity index is 475. The second kappa shape index (κ2) is 6.08. The third-order valence-corrected chi connectivity index (χ3v) is 3.85. The molecular weight excluding hydrogens is 256 g/mol. The van der Waals surface area contributed by atoms with Gasteiger partial charge in [-0.3, -0.25) is 9.69 Å². The Morgan fingerprint density at radius 3 is 2.65 bits per heavy atom. The number of H-pyrrole nitrogens is 1. The number of Topliss-reactive ketones (excluding diaryl/α,β-unsaturated/α-hetero) is 1. The maximum atomic E-state index is 12.3. The molecule has 0 bridgehead atoms. The molecule has 0 amide bonds. The number of hydrogen-bond acceptors (Lipinski definition) is 4. The Labute approximate surface area is 119 Å². The van der Waals surface area contributed by atoms with Crippen LogP contribution in [0.1, 0.15) is 34.6 Å². The molecule has 0 atom stereocenters. The van der Waals surface area contributed by atoms with Crippen LogP contribution in [0.2, 0.25) is 0 Å². The number of aliphatic hydroxyl groups is 1. The molecule has 0 spiro atoms. The van der Waals surface area contributed by atoms with Gasteiger partial charge in [0.05, 0.1) is 12.1 Å². The average Bonchev–Trinajstić information content (AvgIpc) is 2.68. The normalized spacial score (nSPS) is 18.4. The quantitative estimate of drug-likeness (QED) is 0.798.